The molecule has 0 aromatic carbocycles. The summed E-state index contributed by atoms with van der Waals surface area (Å²) in [5, 5.41) is 103. The van der Waals surface area contributed by atoms with Gasteiger partial charge >= 0.3 is 6.09 Å². The number of nitrogens with one attached hydrogen (secondary N) is 5. The van der Waals surface area contributed by atoms with Crippen molar-refractivity contribution in [1.82, 2.24) is 26.6 Å². The molecule has 3 aliphatic heterocycles. The molecule has 16 N–H and O–H groups in total. The molecule has 0 aromatic rings. The van der Waals surface area contributed by atoms with Crippen LogP contribution < -0.4 is 32.3 Å². The van der Waals surface area contributed by atoms with Crippen LogP contribution in [0.15, 0.2) is 0 Å². The smallest absolute Gasteiger partial charge is 0.408 e. The van der Waals surface area contributed by atoms with Gasteiger partial charge in [0.1, 0.15) is 49.1 Å². The molecule has 3 fully saturated rings. The highest BCUT2D eigenvalue weighted by Crippen LogP contribution is 2.31. The lowest BCUT2D eigenvalue weighted by Gasteiger charge is -2.40. The Morgan fingerprint density at radius 1 is 0.354 bits per heavy atom. The maximum atomic E-state index is 14.1. The fourth-order valence-electron chi connectivity index (χ4n) is 11.9. The summed E-state index contributed by atoms with van der Waals surface area (Å²) >= 11 is 0. The van der Waals surface area contributed by atoms with Gasteiger partial charge in [-0.05, 0) is 26.7 Å². The minimum atomic E-state index is -1.23. The van der Waals surface area contributed by atoms with Crippen molar-refractivity contribution in [1.29, 1.82) is 0 Å². The fourth-order valence-corrected chi connectivity index (χ4v) is 11.9. The number of Topliss-reactive ketones (excluding diaryl/α,β-unsaturated/α-hetero) is 1. The number of amides is 5. The molecule has 15 atom stereocenters. The second-order valence-electron chi connectivity index (χ2n) is 28.5. The number of alkyl carbamates (subject to hydrolysis) is 1. The molecule has 0 saturated carbocycles. The Hall–Kier alpha value is -4.26. The predicted octanol–water partition coefficient (Wildman–Crippen LogP) is -2.70. The van der Waals surface area contributed by atoms with Gasteiger partial charge in [-0.3, -0.25) is 29.7 Å². The number of unbranched alkanes of at least 4 members (excludes halogenated alkanes) is 7. The lowest BCUT2D eigenvalue weighted by Crippen LogP contribution is -2.55. The van der Waals surface area contributed by atoms with Crippen molar-refractivity contribution in [2.75, 3.05) is 211 Å². The van der Waals surface area contributed by atoms with Gasteiger partial charge in [0.25, 0.3) is 0 Å². The Kier molecular flexibility index (Phi) is 57.3. The molecule has 39 heteroatoms. The first kappa shape index (κ1) is 103. The predicted molar refractivity (Wildman–Crippen MR) is 400 cm³/mol. The summed E-state index contributed by atoms with van der Waals surface area (Å²) in [7, 11) is 0. The number of hydrogen-bond donors (Lipinski definition) is 15. The Labute approximate surface area is 664 Å². The highest BCUT2D eigenvalue weighted by molar-refractivity contribution is 5.79. The second kappa shape index (κ2) is 62.9. The lowest BCUT2D eigenvalue weighted by molar-refractivity contribution is -0.284. The molecule has 3 saturated heterocycles. The SMILES string of the molecule is CC1C(OCCOCCOCCNC(=O)CCOCC(COCCC(=O)NCCOCCOCCOC2OC(CO)C(O)C(O)C2C)(COCCC(=O)NCCOCCOCCOC2OC(CO)C(O)C(O)C2C)CC(=O)CCCCCCCCCCC(=O)NCCOC(C)(C)OCCNC(=O)OCN)OC(CO)C(O)C1O. The number of nitrogens with two attached hydrogens (primary N) is 1. The minimum Gasteiger partial charge on any atom is -0.434 e. The van der Waals surface area contributed by atoms with Crippen molar-refractivity contribution in [2.24, 2.45) is 28.9 Å². The molecular formula is C74H138N6O33. The van der Waals surface area contributed by atoms with E-state index in [0.29, 0.717) is 19.4 Å². The summed E-state index contributed by atoms with van der Waals surface area (Å²) in [6.45, 7) is 10.6. The zero-order chi connectivity index (χ0) is 82.9. The van der Waals surface area contributed by atoms with Crippen molar-refractivity contribution in [3.05, 3.63) is 0 Å². The molecule has 15 unspecified atom stereocenters. The van der Waals surface area contributed by atoms with E-state index in [1.807, 2.05) is 0 Å². The van der Waals surface area contributed by atoms with Crippen LogP contribution in [-0.4, -0.2) is 372 Å². The van der Waals surface area contributed by atoms with Gasteiger partial charge in [0.2, 0.25) is 23.6 Å². The topological polar surface area (TPSA) is 537 Å². The van der Waals surface area contributed by atoms with Gasteiger partial charge in [-0.25, -0.2) is 4.79 Å². The summed E-state index contributed by atoms with van der Waals surface area (Å²) in [6, 6.07) is 0. The van der Waals surface area contributed by atoms with Gasteiger partial charge in [-0.2, -0.15) is 0 Å². The first-order chi connectivity index (χ1) is 54.4. The molecule has 662 valence electrons. The maximum absolute atomic E-state index is 14.1. The van der Waals surface area contributed by atoms with Gasteiger partial charge in [0.15, 0.2) is 24.7 Å². The van der Waals surface area contributed by atoms with E-state index in [9.17, 15) is 74.7 Å². The third-order valence-electron chi connectivity index (χ3n) is 18.7. The van der Waals surface area contributed by atoms with Gasteiger partial charge in [0.05, 0.1) is 190 Å². The maximum Gasteiger partial charge on any atom is 0.408 e. The van der Waals surface area contributed by atoms with Crippen LogP contribution in [0.5, 0.6) is 0 Å². The number of aliphatic hydroxyl groups is 9. The summed E-state index contributed by atoms with van der Waals surface area (Å²) in [5.41, 5.74) is 4.05. The number of carbonyl (C=O) groups excluding carboxylic acids is 6. The minimum absolute atomic E-state index is 0.0452. The number of aliphatic hydroxyl groups excluding tert-OH is 9. The van der Waals surface area contributed by atoms with E-state index in [2.05, 4.69) is 31.3 Å². The zero-order valence-corrected chi connectivity index (χ0v) is 67.1. The van der Waals surface area contributed by atoms with Crippen molar-refractivity contribution in [2.45, 2.75) is 204 Å². The molecule has 113 heavy (non-hydrogen) atoms. The molecule has 0 bridgehead atoms. The van der Waals surface area contributed by atoms with E-state index in [-0.39, 0.29) is 246 Å². The molecule has 0 spiro atoms. The monoisotopic (exact) mass is 1640 g/mol. The third-order valence-corrected chi connectivity index (χ3v) is 18.7. The van der Waals surface area contributed by atoms with Crippen molar-refractivity contribution < 1.29 is 160 Å². The molecule has 0 aliphatic carbocycles. The van der Waals surface area contributed by atoms with Gasteiger partial charge < -0.3 is 158 Å². The summed E-state index contributed by atoms with van der Waals surface area (Å²) in [5.74, 6) is -3.70. The number of rotatable bonds is 70. The van der Waals surface area contributed by atoms with Crippen molar-refractivity contribution in [3.8, 4) is 0 Å². The number of carbonyl (C=O) groups is 6. The second-order valence-corrected chi connectivity index (χ2v) is 28.5. The Morgan fingerprint density at radius 2 is 0.646 bits per heavy atom. The molecule has 3 rings (SSSR count). The number of hydrogen-bond acceptors (Lipinski definition) is 34. The van der Waals surface area contributed by atoms with E-state index in [4.69, 9.17) is 86.3 Å². The normalized spacial score (nSPS) is 24.5. The van der Waals surface area contributed by atoms with Gasteiger partial charge in [-0.1, -0.05) is 59.3 Å². The van der Waals surface area contributed by atoms with E-state index in [0.717, 1.165) is 44.9 Å². The summed E-state index contributed by atoms with van der Waals surface area (Å²) < 4.78 is 102. The average Bonchev–Trinajstić information content (AvgIpc) is 0.826. The van der Waals surface area contributed by atoms with Crippen LogP contribution in [0.25, 0.3) is 0 Å². The van der Waals surface area contributed by atoms with Crippen molar-refractivity contribution >= 4 is 35.5 Å². The average molecular weight is 1640 g/mol. The number of ketones is 1. The fraction of sp³-hybridized carbons (Fsp3) is 0.919. The Bertz CT molecular complexity index is 2290. The summed E-state index contributed by atoms with van der Waals surface area (Å²) in [4.78, 5) is 77.0. The van der Waals surface area contributed by atoms with Crippen molar-refractivity contribution in [3.63, 3.8) is 0 Å². The Balaban J connectivity index is 1.52. The van der Waals surface area contributed by atoms with E-state index >= 15 is 0 Å². The van der Waals surface area contributed by atoms with E-state index in [1.165, 1.54) is 0 Å². The molecule has 5 amide bonds. The summed E-state index contributed by atoms with van der Waals surface area (Å²) in [6.07, 6.45) is -5.99. The van der Waals surface area contributed by atoms with E-state index in [1.54, 1.807) is 34.6 Å². The van der Waals surface area contributed by atoms with Gasteiger partial charge in [-0.15, -0.1) is 0 Å². The lowest BCUT2D eigenvalue weighted by atomic mass is 9.84. The molecule has 3 aliphatic rings. The quantitative estimate of drug-likeness (QED) is 0.0218. The zero-order valence-electron chi connectivity index (χ0n) is 67.1. The first-order valence-electron chi connectivity index (χ1n) is 39.8. The van der Waals surface area contributed by atoms with Gasteiger partial charge in [0, 0.05) is 94.4 Å². The molecular weight excluding hydrogens is 1500 g/mol. The Morgan fingerprint density at radius 3 is 0.982 bits per heavy atom. The van der Waals surface area contributed by atoms with Crippen LogP contribution >= 0.6 is 0 Å². The van der Waals surface area contributed by atoms with Crippen LogP contribution in [0.3, 0.4) is 0 Å². The highest BCUT2D eigenvalue weighted by Gasteiger charge is 2.45. The van der Waals surface area contributed by atoms with Crippen LogP contribution in [-0.2, 0) is 109 Å². The molecule has 0 radical (unpaired) electrons. The van der Waals surface area contributed by atoms with Crippen LogP contribution in [0, 0.1) is 23.2 Å². The van der Waals surface area contributed by atoms with Crippen LogP contribution in [0.2, 0.25) is 0 Å². The molecule has 0 aromatic heterocycles. The highest BCUT2D eigenvalue weighted by atomic mass is 16.7. The molecule has 39 nitrogen and oxygen atoms in total. The van der Waals surface area contributed by atoms with E-state index < -0.39 is 129 Å². The largest absolute Gasteiger partial charge is 0.434 e. The number of ether oxygens (including phenoxy) is 18. The van der Waals surface area contributed by atoms with Crippen LogP contribution in [0.4, 0.5) is 4.79 Å². The molecule has 3 heterocycles. The third kappa shape index (κ3) is 46.0. The first-order valence-corrected chi connectivity index (χ1v) is 39.8. The van der Waals surface area contributed by atoms with Crippen LogP contribution in [0.1, 0.15) is 125 Å². The standard InChI is InChI=1S/C74H138N6O33/c1-52-63(89)66(92)56(45-81)111-69(52)105-41-38-99-35-32-96-27-19-76-60(86)16-24-102-48-74(49-103-25-17-61(87)77-20-28-97-33-36-100-39-42-106-70-53(2)64(90)67(93)57(46-82)112-70,50-104-26-18-62(88)78-21-29-98-34-37-101-40-43-107-71-54(3)65(91)68(94)58(47-83)113-71)44-55(84)14-12-10-8-6-7-9-11-13-15-59(85)79-22-30-109-73(4,5)110-31-23-80-72(95)108-51-75/h52-54,56-58,63-71,81-83,89-94H,6-51,75H2,1-5H3,(H,76,86)(H,77,87)(H,78,88)(H,79,85)(H,80,95).